The molecule has 0 saturated carbocycles. The van der Waals surface area contributed by atoms with Gasteiger partial charge < -0.3 is 14.6 Å². The van der Waals surface area contributed by atoms with Crippen LogP contribution in [0.3, 0.4) is 0 Å². The highest BCUT2D eigenvalue weighted by molar-refractivity contribution is 5.90. The highest BCUT2D eigenvalue weighted by Gasteiger charge is 2.35. The molecule has 5 heterocycles. The number of ether oxygens (including phenoxy) is 2. The smallest absolute Gasteiger partial charge is 0.413 e. The number of hydrogen-bond acceptors (Lipinski definition) is 6. The molecule has 1 N–H and O–H groups in total. The minimum Gasteiger partial charge on any atom is -0.493 e. The second-order valence-electron chi connectivity index (χ2n) is 7.87. The van der Waals surface area contributed by atoms with Crippen molar-refractivity contribution in [3.63, 3.8) is 0 Å². The van der Waals surface area contributed by atoms with Gasteiger partial charge in [-0.2, -0.15) is 4.39 Å². The highest BCUT2D eigenvalue weighted by Crippen LogP contribution is 2.43. The van der Waals surface area contributed by atoms with Crippen molar-refractivity contribution < 1.29 is 28.2 Å². The van der Waals surface area contributed by atoms with E-state index in [9.17, 15) is 18.7 Å². The Balaban J connectivity index is 1.62. The number of anilines is 1. The molecule has 0 saturated heterocycles. The topological polar surface area (TPSA) is 107 Å². The minimum atomic E-state index is -1.32. The Morgan fingerprint density at radius 3 is 2.70 bits per heavy atom. The first-order valence-electron chi connectivity index (χ1n) is 10.1. The molecule has 6 rings (SSSR count). The predicted molar refractivity (Wildman–Crippen MR) is 109 cm³/mol. The van der Waals surface area contributed by atoms with Crippen LogP contribution in [0.1, 0.15) is 17.0 Å². The Labute approximate surface area is 184 Å². The molecule has 0 radical (unpaired) electrons. The standard InChI is InChI=1S/C21H16F2N6O4/c1-27-14(5-17(23)26-27)11-4-16-20(29-9-24-25-19(11)29)28(21(30)31)6-12-13(22)2-3-15-18(12)10(7-32-15)8-33-16/h2-5,9-10H,6-8H2,1H3,(H,30,31)/t10-/m0/s1. The monoisotopic (exact) mass is 454 g/mol. The first kappa shape index (κ1) is 19.5. The maximum atomic E-state index is 14.9. The molecule has 168 valence electrons. The molecule has 1 atom stereocenters. The number of halogens is 2. The van der Waals surface area contributed by atoms with Crippen molar-refractivity contribution in [3.05, 3.63) is 53.5 Å². The van der Waals surface area contributed by atoms with Gasteiger partial charge >= 0.3 is 6.09 Å². The number of hydrogen-bond donors (Lipinski definition) is 1. The number of amides is 1. The molecular weight excluding hydrogens is 438 g/mol. The predicted octanol–water partition coefficient (Wildman–Crippen LogP) is 2.96. The van der Waals surface area contributed by atoms with Crippen LogP contribution < -0.4 is 14.4 Å². The number of pyridine rings is 1. The van der Waals surface area contributed by atoms with E-state index in [0.29, 0.717) is 22.6 Å². The van der Waals surface area contributed by atoms with E-state index in [-0.39, 0.29) is 48.5 Å². The lowest BCUT2D eigenvalue weighted by atomic mass is 9.95. The summed E-state index contributed by atoms with van der Waals surface area (Å²) >= 11 is 0. The molecule has 3 aromatic heterocycles. The third-order valence-electron chi connectivity index (χ3n) is 5.99. The Morgan fingerprint density at radius 1 is 1.18 bits per heavy atom. The lowest BCUT2D eigenvalue weighted by Gasteiger charge is -2.23. The van der Waals surface area contributed by atoms with E-state index in [2.05, 4.69) is 15.3 Å². The fourth-order valence-corrected chi connectivity index (χ4v) is 4.53. The van der Waals surface area contributed by atoms with E-state index < -0.39 is 17.9 Å². The Hall–Kier alpha value is -4.22. The third kappa shape index (κ3) is 2.83. The zero-order valence-electron chi connectivity index (χ0n) is 17.2. The molecule has 0 fully saturated rings. The van der Waals surface area contributed by atoms with Crippen LogP contribution in [0, 0.1) is 11.8 Å². The van der Waals surface area contributed by atoms with Gasteiger partial charge in [-0.1, -0.05) is 0 Å². The number of carboxylic acid groups (broad SMARTS) is 1. The highest BCUT2D eigenvalue weighted by atomic mass is 19.1. The lowest BCUT2D eigenvalue weighted by molar-refractivity contribution is 0.200. The van der Waals surface area contributed by atoms with Gasteiger partial charge in [-0.15, -0.1) is 15.3 Å². The number of aryl methyl sites for hydroxylation is 1. The minimum absolute atomic E-state index is 0.117. The Morgan fingerprint density at radius 2 is 1.97 bits per heavy atom. The second-order valence-corrected chi connectivity index (χ2v) is 7.87. The van der Waals surface area contributed by atoms with Crippen LogP contribution in [0.4, 0.5) is 19.4 Å². The van der Waals surface area contributed by atoms with E-state index in [1.54, 1.807) is 13.1 Å². The molecule has 1 aromatic carbocycles. The summed E-state index contributed by atoms with van der Waals surface area (Å²) in [5.74, 6) is -0.669. The van der Waals surface area contributed by atoms with Crippen molar-refractivity contribution in [2.24, 2.45) is 7.05 Å². The fourth-order valence-electron chi connectivity index (χ4n) is 4.53. The van der Waals surface area contributed by atoms with Crippen molar-refractivity contribution in [1.82, 2.24) is 24.4 Å². The van der Waals surface area contributed by atoms with Gasteiger partial charge in [0.15, 0.2) is 17.2 Å². The maximum Gasteiger partial charge on any atom is 0.413 e. The molecule has 2 aliphatic heterocycles. The van der Waals surface area contributed by atoms with Crippen LogP contribution >= 0.6 is 0 Å². The van der Waals surface area contributed by atoms with Gasteiger partial charge in [0.2, 0.25) is 5.95 Å². The van der Waals surface area contributed by atoms with Crippen LogP contribution in [-0.4, -0.2) is 48.8 Å². The van der Waals surface area contributed by atoms with Crippen molar-refractivity contribution in [1.29, 1.82) is 0 Å². The average Bonchev–Trinajstić information content (AvgIpc) is 3.49. The maximum absolute atomic E-state index is 14.9. The Bertz CT molecular complexity index is 1450. The number of carbonyl (C=O) groups is 1. The molecule has 1 amide bonds. The van der Waals surface area contributed by atoms with Gasteiger partial charge in [0.05, 0.1) is 31.4 Å². The normalized spacial score (nSPS) is 16.9. The summed E-state index contributed by atoms with van der Waals surface area (Å²) in [5.41, 5.74) is 1.95. The fraction of sp³-hybridized carbons (Fsp3) is 0.238. The zero-order chi connectivity index (χ0) is 22.9. The first-order chi connectivity index (χ1) is 15.9. The van der Waals surface area contributed by atoms with Crippen LogP contribution in [0.15, 0.2) is 30.6 Å². The SMILES string of the molecule is Cn1nc(F)cc1-c1cc2c(n3cnnc13)N(C(=O)O)Cc1c(F)ccc3c1[C@@H](CO3)CO2. The summed E-state index contributed by atoms with van der Waals surface area (Å²) in [6.07, 6.45) is 0.0189. The van der Waals surface area contributed by atoms with Gasteiger partial charge in [-0.25, -0.2) is 9.18 Å². The molecule has 2 aliphatic rings. The van der Waals surface area contributed by atoms with Crippen molar-refractivity contribution in [2.45, 2.75) is 12.5 Å². The van der Waals surface area contributed by atoms with E-state index in [1.165, 1.54) is 33.6 Å². The summed E-state index contributed by atoms with van der Waals surface area (Å²) < 4.78 is 43.3. The summed E-state index contributed by atoms with van der Waals surface area (Å²) in [7, 11) is 1.58. The molecule has 0 aliphatic carbocycles. The zero-order valence-corrected chi connectivity index (χ0v) is 17.2. The first-order valence-corrected chi connectivity index (χ1v) is 10.1. The molecule has 10 nitrogen and oxygen atoms in total. The second kappa shape index (κ2) is 6.89. The lowest BCUT2D eigenvalue weighted by Crippen LogP contribution is -2.31. The summed E-state index contributed by atoms with van der Waals surface area (Å²) in [6, 6.07) is 5.62. The van der Waals surface area contributed by atoms with Gasteiger partial charge in [0, 0.05) is 29.8 Å². The van der Waals surface area contributed by atoms with Gasteiger partial charge in [-0.3, -0.25) is 14.0 Å². The van der Waals surface area contributed by atoms with Crippen LogP contribution in [0.25, 0.3) is 16.9 Å². The number of nitrogens with zero attached hydrogens (tertiary/aromatic N) is 6. The summed E-state index contributed by atoms with van der Waals surface area (Å²) in [5, 5.41) is 21.9. The van der Waals surface area contributed by atoms with Crippen molar-refractivity contribution in [2.75, 3.05) is 18.1 Å². The summed E-state index contributed by atoms with van der Waals surface area (Å²) in [4.78, 5) is 13.4. The Kier molecular flexibility index (Phi) is 4.06. The van der Waals surface area contributed by atoms with Crippen molar-refractivity contribution >= 4 is 17.6 Å². The summed E-state index contributed by atoms with van der Waals surface area (Å²) in [6.45, 7) is 0.132. The number of fused-ring (bicyclic) bond motifs is 3. The number of rotatable bonds is 1. The van der Waals surface area contributed by atoms with E-state index in [0.717, 1.165) is 4.90 Å². The molecule has 0 spiro atoms. The van der Waals surface area contributed by atoms with Gasteiger partial charge in [-0.05, 0) is 18.2 Å². The van der Waals surface area contributed by atoms with Crippen LogP contribution in [0.2, 0.25) is 0 Å². The molecule has 12 heteroatoms. The van der Waals surface area contributed by atoms with E-state index in [4.69, 9.17) is 9.47 Å². The molecule has 0 bridgehead atoms. The average molecular weight is 454 g/mol. The third-order valence-corrected chi connectivity index (χ3v) is 5.99. The van der Waals surface area contributed by atoms with Gasteiger partial charge in [0.1, 0.15) is 17.9 Å². The molecule has 4 aromatic rings. The van der Waals surface area contributed by atoms with Gasteiger partial charge in [0.25, 0.3) is 0 Å². The quantitative estimate of drug-likeness (QED) is 0.471. The molecule has 33 heavy (non-hydrogen) atoms. The number of benzene rings is 1. The van der Waals surface area contributed by atoms with E-state index >= 15 is 0 Å². The largest absolute Gasteiger partial charge is 0.493 e. The van der Waals surface area contributed by atoms with Crippen molar-refractivity contribution in [3.8, 4) is 22.8 Å². The van der Waals surface area contributed by atoms with E-state index in [1.807, 2.05) is 0 Å². The van der Waals surface area contributed by atoms with Crippen LogP contribution in [0.5, 0.6) is 11.5 Å². The van der Waals surface area contributed by atoms with Crippen LogP contribution in [-0.2, 0) is 13.6 Å². The molecular formula is C21H16F2N6O4. The molecule has 0 unspecified atom stereocenters. The number of aromatic nitrogens is 5.